The van der Waals surface area contributed by atoms with Crippen molar-refractivity contribution in [3.63, 3.8) is 0 Å². The lowest BCUT2D eigenvalue weighted by Crippen LogP contribution is -2.30. The Kier molecular flexibility index (Phi) is 5.24. The fourth-order valence-corrected chi connectivity index (χ4v) is 4.99. The Labute approximate surface area is 195 Å². The first-order valence-electron chi connectivity index (χ1n) is 10.3. The third-order valence-corrected chi connectivity index (χ3v) is 6.62. The Morgan fingerprint density at radius 1 is 1.21 bits per heavy atom. The molecule has 34 heavy (non-hydrogen) atoms. The summed E-state index contributed by atoms with van der Waals surface area (Å²) in [5.41, 5.74) is -0.406. The Bertz CT molecular complexity index is 1540. The highest BCUT2D eigenvalue weighted by Gasteiger charge is 2.46. The number of aryl methyl sites for hydroxylation is 1. The van der Waals surface area contributed by atoms with Crippen molar-refractivity contribution >= 4 is 39.3 Å². The monoisotopic (exact) mass is 482 g/mol. The maximum Gasteiger partial charge on any atom is 0.350 e. The first-order chi connectivity index (χ1) is 16.3. The third-order valence-electron chi connectivity index (χ3n) is 5.48. The molecule has 0 aliphatic carbocycles. The van der Waals surface area contributed by atoms with Crippen LogP contribution in [0.25, 0.3) is 11.0 Å². The summed E-state index contributed by atoms with van der Waals surface area (Å²) in [6.45, 7) is 3.40. The van der Waals surface area contributed by atoms with Crippen LogP contribution in [0.4, 0.5) is 13.9 Å². The van der Waals surface area contributed by atoms with Crippen LogP contribution < -0.4 is 10.3 Å². The minimum atomic E-state index is -1.23. The number of esters is 1. The van der Waals surface area contributed by atoms with Crippen molar-refractivity contribution in [3.05, 3.63) is 91.8 Å². The van der Waals surface area contributed by atoms with Gasteiger partial charge in [0.1, 0.15) is 28.1 Å². The topological polar surface area (TPSA) is 89.7 Å². The van der Waals surface area contributed by atoms with Crippen molar-refractivity contribution < 1.29 is 27.5 Å². The standard InChI is InChI=1S/C24H16F2N2O5S/c1-3-32-23(31)21-11(2)27-24(34-21)28-18(13-6-4-5-7-15(13)26)17-19(29)14-10-12(25)8-9-16(14)33-20(17)22(28)30/h4-10,18H,3H2,1-2H3. The van der Waals surface area contributed by atoms with E-state index < -0.39 is 35.0 Å². The number of hydrogen-bond acceptors (Lipinski definition) is 7. The molecule has 4 aromatic rings. The van der Waals surface area contributed by atoms with Crippen molar-refractivity contribution in [3.8, 4) is 0 Å². The van der Waals surface area contributed by atoms with E-state index in [1.807, 2.05) is 0 Å². The second-order valence-corrected chi connectivity index (χ2v) is 8.52. The van der Waals surface area contributed by atoms with Gasteiger partial charge >= 0.3 is 5.97 Å². The molecule has 1 atom stereocenters. The molecule has 0 saturated carbocycles. The number of anilines is 1. The summed E-state index contributed by atoms with van der Waals surface area (Å²) in [5, 5.41) is -0.00267. The van der Waals surface area contributed by atoms with E-state index >= 15 is 0 Å². The van der Waals surface area contributed by atoms with Crippen molar-refractivity contribution in [2.75, 3.05) is 11.5 Å². The van der Waals surface area contributed by atoms with Gasteiger partial charge in [0.05, 0.1) is 23.3 Å². The van der Waals surface area contributed by atoms with E-state index in [-0.39, 0.29) is 44.5 Å². The molecule has 2 aromatic carbocycles. The van der Waals surface area contributed by atoms with Gasteiger partial charge in [-0.2, -0.15) is 0 Å². The van der Waals surface area contributed by atoms with Gasteiger partial charge in [-0.15, -0.1) is 0 Å². The van der Waals surface area contributed by atoms with E-state index in [1.165, 1.54) is 24.3 Å². The van der Waals surface area contributed by atoms with Gasteiger partial charge in [0, 0.05) is 5.56 Å². The average Bonchev–Trinajstić information content (AvgIpc) is 3.32. The highest BCUT2D eigenvalue weighted by Crippen LogP contribution is 2.43. The zero-order chi connectivity index (χ0) is 24.1. The zero-order valence-corrected chi connectivity index (χ0v) is 18.7. The quantitative estimate of drug-likeness (QED) is 0.390. The molecule has 1 aliphatic heterocycles. The van der Waals surface area contributed by atoms with Crippen LogP contribution in [0.2, 0.25) is 0 Å². The van der Waals surface area contributed by atoms with Gasteiger partial charge in [-0.1, -0.05) is 29.5 Å². The molecule has 172 valence electrons. The van der Waals surface area contributed by atoms with Crippen LogP contribution in [0, 0.1) is 18.6 Å². The molecule has 0 saturated heterocycles. The third kappa shape index (κ3) is 3.29. The first-order valence-corrected chi connectivity index (χ1v) is 11.1. The van der Waals surface area contributed by atoms with Crippen LogP contribution in [-0.2, 0) is 4.74 Å². The lowest BCUT2D eigenvalue weighted by atomic mass is 9.98. The van der Waals surface area contributed by atoms with Gasteiger partial charge in [-0.3, -0.25) is 14.5 Å². The number of ether oxygens (including phenoxy) is 1. The molecule has 0 N–H and O–H groups in total. The molecule has 1 aliphatic rings. The molecule has 1 unspecified atom stereocenters. The van der Waals surface area contributed by atoms with Crippen LogP contribution in [0.15, 0.2) is 51.7 Å². The molecule has 1 amide bonds. The number of aromatic nitrogens is 1. The van der Waals surface area contributed by atoms with Crippen LogP contribution in [0.5, 0.6) is 0 Å². The number of thiazole rings is 1. The minimum Gasteiger partial charge on any atom is -0.462 e. The van der Waals surface area contributed by atoms with Crippen LogP contribution in [0.3, 0.4) is 0 Å². The number of carbonyl (C=O) groups is 2. The Morgan fingerprint density at radius 3 is 2.71 bits per heavy atom. The average molecular weight is 482 g/mol. The Morgan fingerprint density at radius 2 is 1.97 bits per heavy atom. The van der Waals surface area contributed by atoms with Crippen molar-refractivity contribution in [1.29, 1.82) is 0 Å². The van der Waals surface area contributed by atoms with E-state index in [0.717, 1.165) is 28.4 Å². The highest BCUT2D eigenvalue weighted by molar-refractivity contribution is 7.17. The SMILES string of the molecule is CCOC(=O)c1sc(N2C(=O)c3oc4ccc(F)cc4c(=O)c3C2c2ccccc2F)nc1C. The van der Waals surface area contributed by atoms with Crippen LogP contribution in [-0.4, -0.2) is 23.5 Å². The number of fused-ring (bicyclic) bond motifs is 2. The summed E-state index contributed by atoms with van der Waals surface area (Å²) in [6, 6.07) is 7.84. The summed E-state index contributed by atoms with van der Waals surface area (Å²) in [4.78, 5) is 44.9. The lowest BCUT2D eigenvalue weighted by molar-refractivity contribution is 0.0531. The molecule has 0 radical (unpaired) electrons. The summed E-state index contributed by atoms with van der Waals surface area (Å²) in [5.74, 6) is -2.93. The molecule has 0 bridgehead atoms. The maximum atomic E-state index is 15.0. The second kappa shape index (κ2) is 8.14. The number of amides is 1. The van der Waals surface area contributed by atoms with E-state index in [4.69, 9.17) is 9.15 Å². The van der Waals surface area contributed by atoms with E-state index in [2.05, 4.69) is 4.98 Å². The molecule has 0 fully saturated rings. The smallest absolute Gasteiger partial charge is 0.350 e. The summed E-state index contributed by atoms with van der Waals surface area (Å²) >= 11 is 0.889. The van der Waals surface area contributed by atoms with Crippen molar-refractivity contribution in [2.24, 2.45) is 0 Å². The summed E-state index contributed by atoms with van der Waals surface area (Å²) in [6.07, 6.45) is 0. The Hall–Kier alpha value is -3.92. The molecule has 3 heterocycles. The van der Waals surface area contributed by atoms with E-state index in [0.29, 0.717) is 5.69 Å². The lowest BCUT2D eigenvalue weighted by Gasteiger charge is -2.22. The summed E-state index contributed by atoms with van der Waals surface area (Å²) in [7, 11) is 0. The van der Waals surface area contributed by atoms with E-state index in [1.54, 1.807) is 19.9 Å². The number of hydrogen-bond donors (Lipinski definition) is 0. The number of carbonyl (C=O) groups excluding carboxylic acids is 2. The number of nitrogens with zero attached hydrogens (tertiary/aromatic N) is 2. The second-order valence-electron chi connectivity index (χ2n) is 7.55. The van der Waals surface area contributed by atoms with Crippen molar-refractivity contribution in [1.82, 2.24) is 4.98 Å². The van der Waals surface area contributed by atoms with Crippen molar-refractivity contribution in [2.45, 2.75) is 19.9 Å². The van der Waals surface area contributed by atoms with Gasteiger partial charge in [0.25, 0.3) is 5.91 Å². The fraction of sp³-hybridized carbons (Fsp3) is 0.167. The number of halogens is 2. The number of rotatable bonds is 4. The minimum absolute atomic E-state index is 0.0233. The predicted octanol–water partition coefficient (Wildman–Crippen LogP) is 4.76. The fourth-order valence-electron chi connectivity index (χ4n) is 4.00. The normalized spacial score (nSPS) is 15.1. The Balaban J connectivity index is 1.77. The van der Waals surface area contributed by atoms with Gasteiger partial charge in [-0.25, -0.2) is 18.6 Å². The van der Waals surface area contributed by atoms with Gasteiger partial charge in [0.2, 0.25) is 5.76 Å². The molecule has 5 rings (SSSR count). The van der Waals surface area contributed by atoms with Gasteiger partial charge < -0.3 is 9.15 Å². The first kappa shape index (κ1) is 21.9. The molecule has 0 spiro atoms. The van der Waals surface area contributed by atoms with Gasteiger partial charge in [-0.05, 0) is 38.1 Å². The van der Waals surface area contributed by atoms with Crippen LogP contribution >= 0.6 is 11.3 Å². The zero-order valence-electron chi connectivity index (χ0n) is 17.9. The van der Waals surface area contributed by atoms with E-state index in [9.17, 15) is 23.2 Å². The molecule has 7 nitrogen and oxygen atoms in total. The van der Waals surface area contributed by atoms with Crippen LogP contribution in [0.1, 0.15) is 50.0 Å². The number of benzene rings is 2. The molecular formula is C24H16F2N2O5S. The molecule has 2 aromatic heterocycles. The maximum absolute atomic E-state index is 15.0. The predicted molar refractivity (Wildman–Crippen MR) is 120 cm³/mol. The highest BCUT2D eigenvalue weighted by atomic mass is 32.1. The molecule has 10 heteroatoms. The van der Waals surface area contributed by atoms with Gasteiger partial charge in [0.15, 0.2) is 10.6 Å². The largest absolute Gasteiger partial charge is 0.462 e. The molecular weight excluding hydrogens is 466 g/mol. The summed E-state index contributed by atoms with van der Waals surface area (Å²) < 4.78 is 39.6.